The summed E-state index contributed by atoms with van der Waals surface area (Å²) in [6.45, 7) is 3.50. The number of anilines is 2. The molecule has 8 heteroatoms. The van der Waals surface area contributed by atoms with Gasteiger partial charge >= 0.3 is 0 Å². The Morgan fingerprint density at radius 2 is 1.65 bits per heavy atom. The summed E-state index contributed by atoms with van der Waals surface area (Å²) in [5, 5.41) is 1.17. The standard InChI is InChI=1S/C23H29N5O2S/c1-31(29,30)21-7-5-19(6-8-21)26-12-14-27(15-13-26)22-9-2-17-10-11-28(23(17)25-22)20-4-3-18(24)16-20/h2,5-11,18,20H,3-4,12-16,24H2,1H3/t18-,20-/m1/s1. The number of piperazine rings is 1. The van der Waals surface area contributed by atoms with E-state index in [0.717, 1.165) is 62.6 Å². The molecule has 1 aliphatic carbocycles. The summed E-state index contributed by atoms with van der Waals surface area (Å²) in [4.78, 5) is 10.0. The number of hydrogen-bond acceptors (Lipinski definition) is 6. The van der Waals surface area contributed by atoms with Crippen LogP contribution in [0.1, 0.15) is 25.3 Å². The van der Waals surface area contributed by atoms with Gasteiger partial charge in [-0.25, -0.2) is 13.4 Å². The van der Waals surface area contributed by atoms with Gasteiger partial charge in [0.1, 0.15) is 11.5 Å². The number of aromatic nitrogens is 2. The van der Waals surface area contributed by atoms with Crippen molar-refractivity contribution >= 4 is 32.4 Å². The molecule has 0 radical (unpaired) electrons. The summed E-state index contributed by atoms with van der Waals surface area (Å²) < 4.78 is 25.7. The average Bonchev–Trinajstić information content (AvgIpc) is 3.38. The van der Waals surface area contributed by atoms with Gasteiger partial charge in [-0.15, -0.1) is 0 Å². The number of nitrogens with zero attached hydrogens (tertiary/aromatic N) is 4. The number of fused-ring (bicyclic) bond motifs is 1. The Kier molecular flexibility index (Phi) is 5.14. The number of sulfone groups is 1. The van der Waals surface area contributed by atoms with Gasteiger partial charge in [0, 0.05) is 61.8 Å². The van der Waals surface area contributed by atoms with Gasteiger partial charge in [-0.05, 0) is 61.7 Å². The predicted molar refractivity (Wildman–Crippen MR) is 125 cm³/mol. The summed E-state index contributed by atoms with van der Waals surface area (Å²) >= 11 is 0. The second-order valence-corrected chi connectivity index (χ2v) is 10.8. The molecule has 3 heterocycles. The SMILES string of the molecule is CS(=O)(=O)c1ccc(N2CCN(c3ccc4ccn([C@@H]5CC[C@@H](N)C5)c4n3)CC2)cc1. The van der Waals surface area contributed by atoms with Crippen LogP contribution in [0.2, 0.25) is 0 Å². The molecule has 0 bridgehead atoms. The first-order valence-corrected chi connectivity index (χ1v) is 12.8. The summed E-state index contributed by atoms with van der Waals surface area (Å²) in [7, 11) is -3.17. The van der Waals surface area contributed by atoms with Gasteiger partial charge in [-0.3, -0.25) is 0 Å². The van der Waals surface area contributed by atoms with Crippen LogP contribution in [-0.2, 0) is 9.84 Å². The van der Waals surface area contributed by atoms with Crippen LogP contribution in [0.5, 0.6) is 0 Å². The Balaban J connectivity index is 1.30. The molecule has 0 spiro atoms. The van der Waals surface area contributed by atoms with Gasteiger partial charge in [-0.1, -0.05) is 0 Å². The van der Waals surface area contributed by atoms with Gasteiger partial charge < -0.3 is 20.1 Å². The molecule has 2 aromatic heterocycles. The molecule has 1 saturated carbocycles. The summed E-state index contributed by atoms with van der Waals surface area (Å²) in [6.07, 6.45) is 6.61. The number of hydrogen-bond donors (Lipinski definition) is 1. The average molecular weight is 440 g/mol. The first kappa shape index (κ1) is 20.3. The third-order valence-electron chi connectivity index (χ3n) is 6.62. The minimum atomic E-state index is -3.17. The molecule has 3 aromatic rings. The van der Waals surface area contributed by atoms with Gasteiger partial charge in [0.25, 0.3) is 0 Å². The van der Waals surface area contributed by atoms with Crippen LogP contribution in [-0.4, -0.2) is 56.4 Å². The number of benzene rings is 1. The van der Waals surface area contributed by atoms with Gasteiger partial charge in [-0.2, -0.15) is 0 Å². The Bertz CT molecular complexity index is 1180. The largest absolute Gasteiger partial charge is 0.368 e. The number of nitrogens with two attached hydrogens (primary N) is 1. The topological polar surface area (TPSA) is 84.5 Å². The van der Waals surface area contributed by atoms with Crippen LogP contribution in [0.4, 0.5) is 11.5 Å². The summed E-state index contributed by atoms with van der Waals surface area (Å²) in [5.74, 6) is 1.02. The van der Waals surface area contributed by atoms with Crippen LogP contribution in [0.15, 0.2) is 53.6 Å². The maximum atomic E-state index is 11.7. The van der Waals surface area contributed by atoms with Crippen molar-refractivity contribution in [3.8, 4) is 0 Å². The smallest absolute Gasteiger partial charge is 0.175 e. The monoisotopic (exact) mass is 439 g/mol. The highest BCUT2D eigenvalue weighted by atomic mass is 32.2. The normalized spacial score (nSPS) is 22.4. The predicted octanol–water partition coefficient (Wildman–Crippen LogP) is 2.82. The van der Waals surface area contributed by atoms with E-state index in [0.29, 0.717) is 17.0 Å². The molecule has 2 atom stereocenters. The van der Waals surface area contributed by atoms with Crippen molar-refractivity contribution in [1.29, 1.82) is 0 Å². The lowest BCUT2D eigenvalue weighted by molar-refractivity contribution is 0.522. The maximum Gasteiger partial charge on any atom is 0.175 e. The van der Waals surface area contributed by atoms with E-state index in [1.807, 2.05) is 12.1 Å². The first-order chi connectivity index (χ1) is 14.9. The molecule has 5 rings (SSSR count). The van der Waals surface area contributed by atoms with Gasteiger partial charge in [0.15, 0.2) is 9.84 Å². The van der Waals surface area contributed by atoms with E-state index in [-0.39, 0.29) is 0 Å². The molecule has 2 fully saturated rings. The van der Waals surface area contributed by atoms with Crippen molar-refractivity contribution in [2.45, 2.75) is 36.2 Å². The second kappa shape index (κ2) is 7.84. The summed E-state index contributed by atoms with van der Waals surface area (Å²) in [6, 6.07) is 14.3. The Morgan fingerprint density at radius 1 is 0.935 bits per heavy atom. The fraction of sp³-hybridized carbons (Fsp3) is 0.435. The zero-order valence-electron chi connectivity index (χ0n) is 17.8. The summed E-state index contributed by atoms with van der Waals surface area (Å²) in [5.41, 5.74) is 8.24. The van der Waals surface area contributed by atoms with Gasteiger partial charge in [0.2, 0.25) is 0 Å². The van der Waals surface area contributed by atoms with Crippen molar-refractivity contribution in [3.63, 3.8) is 0 Å². The van der Waals surface area contributed by atoms with Crippen molar-refractivity contribution in [3.05, 3.63) is 48.7 Å². The molecule has 0 amide bonds. The highest BCUT2D eigenvalue weighted by Gasteiger charge is 2.25. The van der Waals surface area contributed by atoms with Crippen molar-refractivity contribution in [1.82, 2.24) is 9.55 Å². The van der Waals surface area contributed by atoms with Crippen LogP contribution in [0, 0.1) is 0 Å². The van der Waals surface area contributed by atoms with Crippen molar-refractivity contribution in [2.75, 3.05) is 42.2 Å². The molecule has 1 saturated heterocycles. The molecular weight excluding hydrogens is 410 g/mol. The highest BCUT2D eigenvalue weighted by molar-refractivity contribution is 7.90. The molecule has 2 N–H and O–H groups in total. The van der Waals surface area contributed by atoms with E-state index >= 15 is 0 Å². The van der Waals surface area contributed by atoms with E-state index in [1.54, 1.807) is 12.1 Å². The molecule has 0 unspecified atom stereocenters. The third-order valence-corrected chi connectivity index (χ3v) is 7.75. The van der Waals surface area contributed by atoms with Crippen molar-refractivity contribution < 1.29 is 8.42 Å². The molecule has 31 heavy (non-hydrogen) atoms. The van der Waals surface area contributed by atoms with Crippen molar-refractivity contribution in [2.24, 2.45) is 5.73 Å². The zero-order valence-corrected chi connectivity index (χ0v) is 18.6. The molecule has 164 valence electrons. The molecule has 1 aliphatic heterocycles. The van der Waals surface area contributed by atoms with E-state index < -0.39 is 9.84 Å². The Morgan fingerprint density at radius 3 is 2.29 bits per heavy atom. The third kappa shape index (κ3) is 4.02. The molecule has 1 aromatic carbocycles. The Hall–Kier alpha value is -2.58. The van der Waals surface area contributed by atoms with Crippen LogP contribution in [0.3, 0.4) is 0 Å². The van der Waals surface area contributed by atoms with Gasteiger partial charge in [0.05, 0.1) is 4.90 Å². The zero-order chi connectivity index (χ0) is 21.6. The molecule has 2 aliphatic rings. The lowest BCUT2D eigenvalue weighted by atomic mass is 10.2. The first-order valence-electron chi connectivity index (χ1n) is 10.9. The minimum Gasteiger partial charge on any atom is -0.368 e. The minimum absolute atomic E-state index is 0.296. The van der Waals surface area contributed by atoms with E-state index in [9.17, 15) is 8.42 Å². The molecular formula is C23H29N5O2S. The van der Waals surface area contributed by atoms with E-state index in [1.165, 1.54) is 11.6 Å². The fourth-order valence-corrected chi connectivity index (χ4v) is 5.46. The van der Waals surface area contributed by atoms with E-state index in [4.69, 9.17) is 10.7 Å². The molecule has 7 nitrogen and oxygen atoms in total. The quantitative estimate of drug-likeness (QED) is 0.673. The van der Waals surface area contributed by atoms with Crippen LogP contribution < -0.4 is 15.5 Å². The highest BCUT2D eigenvalue weighted by Crippen LogP contribution is 2.32. The van der Waals surface area contributed by atoms with Crippen LogP contribution in [0.25, 0.3) is 11.0 Å². The number of rotatable bonds is 4. The Labute approximate surface area is 183 Å². The maximum absolute atomic E-state index is 11.7. The second-order valence-electron chi connectivity index (χ2n) is 8.77. The lowest BCUT2D eigenvalue weighted by Gasteiger charge is -2.36. The van der Waals surface area contributed by atoms with Crippen LogP contribution >= 0.6 is 0 Å². The number of pyridine rings is 1. The lowest BCUT2D eigenvalue weighted by Crippen LogP contribution is -2.46. The van der Waals surface area contributed by atoms with E-state index in [2.05, 4.69) is 38.8 Å². The fourth-order valence-electron chi connectivity index (χ4n) is 4.83.